The zero-order valence-electron chi connectivity index (χ0n) is 22.9. The zero-order valence-corrected chi connectivity index (χ0v) is 22.9. The fourth-order valence-electron chi connectivity index (χ4n) is 7.66. The molecule has 0 aromatic rings. The van der Waals surface area contributed by atoms with Crippen molar-refractivity contribution in [2.24, 2.45) is 17.8 Å². The summed E-state index contributed by atoms with van der Waals surface area (Å²) in [6, 6.07) is -0.663. The second kappa shape index (κ2) is 10.9. The molecule has 6 atom stereocenters. The van der Waals surface area contributed by atoms with Gasteiger partial charge < -0.3 is 24.5 Å². The molecule has 0 aromatic heterocycles. The maximum Gasteiger partial charge on any atom is 0.248 e. The smallest absolute Gasteiger partial charge is 0.248 e. The van der Waals surface area contributed by atoms with Crippen molar-refractivity contribution in [3.05, 3.63) is 25.3 Å². The summed E-state index contributed by atoms with van der Waals surface area (Å²) in [5.41, 5.74) is -1.86. The van der Waals surface area contributed by atoms with E-state index in [-0.39, 0.29) is 36.3 Å². The Balaban J connectivity index is 1.77. The average Bonchev–Trinajstić information content (AvgIpc) is 3.39. The minimum Gasteiger partial charge on any atom is -0.396 e. The van der Waals surface area contributed by atoms with E-state index < -0.39 is 29.1 Å². The van der Waals surface area contributed by atoms with Crippen molar-refractivity contribution < 1.29 is 24.2 Å². The van der Waals surface area contributed by atoms with Gasteiger partial charge in [0.25, 0.3) is 0 Å². The molecule has 4 fully saturated rings. The van der Waals surface area contributed by atoms with Crippen LogP contribution in [0.4, 0.5) is 0 Å². The number of likely N-dealkylation sites (tertiary alicyclic amines) is 1. The molecular formula is C29H45N3O5. The van der Waals surface area contributed by atoms with E-state index in [1.165, 1.54) is 6.42 Å². The fourth-order valence-corrected chi connectivity index (χ4v) is 7.66. The maximum atomic E-state index is 14.5. The Hall–Kier alpha value is -2.19. The van der Waals surface area contributed by atoms with Crippen LogP contribution in [0.15, 0.2) is 25.3 Å². The third kappa shape index (κ3) is 4.44. The molecule has 1 N–H and O–H groups in total. The first-order chi connectivity index (χ1) is 17.7. The lowest BCUT2D eigenvalue weighted by Crippen LogP contribution is -2.58. The lowest BCUT2D eigenvalue weighted by atomic mass is 9.62. The molecule has 3 amide bonds. The minimum atomic E-state index is -1.04. The molecule has 3 saturated heterocycles. The first kappa shape index (κ1) is 27.8. The predicted octanol–water partition coefficient (Wildman–Crippen LogP) is 2.76. The molecule has 3 aliphatic heterocycles. The number of carbonyl (C=O) groups excluding carboxylic acids is 3. The van der Waals surface area contributed by atoms with Crippen LogP contribution in [0.25, 0.3) is 0 Å². The second-order valence-corrected chi connectivity index (χ2v) is 11.7. The maximum absolute atomic E-state index is 14.5. The number of amides is 3. The van der Waals surface area contributed by atoms with Gasteiger partial charge in [-0.1, -0.05) is 38.3 Å². The molecule has 1 spiro atoms. The largest absolute Gasteiger partial charge is 0.396 e. The van der Waals surface area contributed by atoms with Crippen LogP contribution < -0.4 is 0 Å². The molecule has 8 nitrogen and oxygen atoms in total. The second-order valence-electron chi connectivity index (χ2n) is 11.7. The number of unbranched alkanes of at least 4 members (excludes halogenated alkanes) is 1. The van der Waals surface area contributed by atoms with Crippen molar-refractivity contribution in [2.45, 2.75) is 88.5 Å². The number of likely N-dealkylation sites (N-methyl/N-ethyl adjacent to an activating group) is 1. The van der Waals surface area contributed by atoms with E-state index in [2.05, 4.69) is 20.1 Å². The van der Waals surface area contributed by atoms with Crippen LogP contribution in [0.3, 0.4) is 0 Å². The summed E-state index contributed by atoms with van der Waals surface area (Å²) < 4.78 is 6.84. The molecule has 1 aliphatic carbocycles. The van der Waals surface area contributed by atoms with Gasteiger partial charge in [-0.25, -0.2) is 0 Å². The van der Waals surface area contributed by atoms with Gasteiger partial charge in [0.05, 0.1) is 17.4 Å². The van der Waals surface area contributed by atoms with Crippen LogP contribution in [0.5, 0.6) is 0 Å². The Morgan fingerprint density at radius 3 is 2.43 bits per heavy atom. The number of aliphatic hydroxyl groups excluding tert-OH is 1. The van der Waals surface area contributed by atoms with Gasteiger partial charge in [0.2, 0.25) is 17.7 Å². The summed E-state index contributed by atoms with van der Waals surface area (Å²) in [7, 11) is 1.73. The Morgan fingerprint density at radius 2 is 1.81 bits per heavy atom. The van der Waals surface area contributed by atoms with Crippen molar-refractivity contribution in [1.82, 2.24) is 14.7 Å². The number of hydrogen-bond acceptors (Lipinski definition) is 5. The van der Waals surface area contributed by atoms with Crippen LogP contribution >= 0.6 is 0 Å². The summed E-state index contributed by atoms with van der Waals surface area (Å²) in [6.45, 7) is 12.9. The lowest BCUT2D eigenvalue weighted by molar-refractivity contribution is -0.155. The molecule has 0 radical (unpaired) electrons. The summed E-state index contributed by atoms with van der Waals surface area (Å²) in [5, 5.41) is 9.40. The quantitative estimate of drug-likeness (QED) is 0.338. The molecule has 1 saturated carbocycles. The molecule has 206 valence electrons. The number of hydrogen-bond donors (Lipinski definition) is 1. The van der Waals surface area contributed by atoms with E-state index in [4.69, 9.17) is 4.74 Å². The molecule has 8 heteroatoms. The van der Waals surface area contributed by atoms with Crippen molar-refractivity contribution in [2.75, 3.05) is 33.3 Å². The molecule has 0 aromatic carbocycles. The molecule has 37 heavy (non-hydrogen) atoms. The van der Waals surface area contributed by atoms with Crippen LogP contribution in [0.1, 0.15) is 65.2 Å². The Bertz CT molecular complexity index is 917. The van der Waals surface area contributed by atoms with Crippen LogP contribution in [0.2, 0.25) is 0 Å². The highest BCUT2D eigenvalue weighted by Gasteiger charge is 2.80. The van der Waals surface area contributed by atoms with Crippen molar-refractivity contribution in [3.8, 4) is 0 Å². The standard InChI is InChI=1S/C29H45N3O5/c1-6-15-30(5)25(34)22-23-26(35)32(17-11-12-18-33)24(29(23)19-20(3)28(22,4)37-29)27(36)31(16-7-2)21-13-9-8-10-14-21/h6-7,20-24,33H,1-2,8-19H2,3-5H3/t20?,22-,23-,24?,28+,29?/m0/s1. The predicted molar refractivity (Wildman–Crippen MR) is 141 cm³/mol. The summed E-state index contributed by atoms with van der Waals surface area (Å²) in [4.78, 5) is 47.7. The molecule has 4 aliphatic rings. The number of rotatable bonds is 11. The summed E-state index contributed by atoms with van der Waals surface area (Å²) >= 11 is 0. The van der Waals surface area contributed by atoms with Crippen molar-refractivity contribution in [1.29, 1.82) is 0 Å². The molecule has 2 bridgehead atoms. The zero-order chi connectivity index (χ0) is 27.0. The highest BCUT2D eigenvalue weighted by atomic mass is 16.5. The summed E-state index contributed by atoms with van der Waals surface area (Å²) in [6.07, 6.45) is 10.4. The number of aliphatic hydroxyl groups is 1. The highest BCUT2D eigenvalue weighted by molar-refractivity contribution is 5.99. The highest BCUT2D eigenvalue weighted by Crippen LogP contribution is 2.65. The van der Waals surface area contributed by atoms with Crippen molar-refractivity contribution in [3.63, 3.8) is 0 Å². The SMILES string of the molecule is C=CCN(C)C(=O)[C@@H]1[C@H]2C(=O)N(CCCCO)C(C(=O)N(CC=C)C3CCCCC3)C23CC(C)[C@@]1(C)O3. The third-order valence-electron chi connectivity index (χ3n) is 9.53. The minimum absolute atomic E-state index is 0.0119. The van der Waals surface area contributed by atoms with Crippen LogP contribution in [-0.4, -0.2) is 94.1 Å². The molecule has 4 rings (SSSR count). The summed E-state index contributed by atoms with van der Waals surface area (Å²) in [5.74, 6) is -1.73. The number of carbonyl (C=O) groups is 3. The van der Waals surface area contributed by atoms with Crippen LogP contribution in [-0.2, 0) is 19.1 Å². The Morgan fingerprint density at radius 1 is 1.14 bits per heavy atom. The van der Waals surface area contributed by atoms with E-state index in [1.54, 1.807) is 29.0 Å². The van der Waals surface area contributed by atoms with E-state index >= 15 is 0 Å². The van der Waals surface area contributed by atoms with E-state index in [0.29, 0.717) is 38.9 Å². The number of ether oxygens (including phenoxy) is 1. The number of fused-ring (bicyclic) bond motifs is 1. The van der Waals surface area contributed by atoms with Crippen LogP contribution in [0, 0.1) is 17.8 Å². The molecule has 3 heterocycles. The molecular weight excluding hydrogens is 470 g/mol. The van der Waals surface area contributed by atoms with Crippen molar-refractivity contribution >= 4 is 17.7 Å². The van der Waals surface area contributed by atoms with E-state index in [9.17, 15) is 19.5 Å². The lowest BCUT2D eigenvalue weighted by Gasteiger charge is -2.41. The van der Waals surface area contributed by atoms with Gasteiger partial charge in [-0.3, -0.25) is 14.4 Å². The normalized spacial score (nSPS) is 34.9. The molecule has 3 unspecified atom stereocenters. The van der Waals surface area contributed by atoms with Gasteiger partial charge in [-0.05, 0) is 44.9 Å². The first-order valence-corrected chi connectivity index (χ1v) is 14.1. The van der Waals surface area contributed by atoms with Gasteiger partial charge >= 0.3 is 0 Å². The number of nitrogens with zero attached hydrogens (tertiary/aromatic N) is 3. The van der Waals surface area contributed by atoms with Gasteiger partial charge in [-0.15, -0.1) is 13.2 Å². The monoisotopic (exact) mass is 515 g/mol. The Labute approximate surface area is 221 Å². The van der Waals surface area contributed by atoms with Gasteiger partial charge in [0.1, 0.15) is 11.6 Å². The van der Waals surface area contributed by atoms with E-state index in [1.807, 2.05) is 11.8 Å². The van der Waals surface area contributed by atoms with Gasteiger partial charge in [0.15, 0.2) is 0 Å². The average molecular weight is 516 g/mol. The third-order valence-corrected chi connectivity index (χ3v) is 9.53. The topological polar surface area (TPSA) is 90.4 Å². The fraction of sp³-hybridized carbons (Fsp3) is 0.759. The Kier molecular flexibility index (Phi) is 8.19. The van der Waals surface area contributed by atoms with Gasteiger partial charge in [-0.2, -0.15) is 0 Å². The van der Waals surface area contributed by atoms with Gasteiger partial charge in [0, 0.05) is 39.3 Å². The van der Waals surface area contributed by atoms with E-state index in [0.717, 1.165) is 25.7 Å². The first-order valence-electron chi connectivity index (χ1n) is 14.1.